The smallest absolute Gasteiger partial charge is 0.298 e. The maximum absolute atomic E-state index is 13.0. The fraction of sp³-hybridized carbons (Fsp3) is 0.294. The van der Waals surface area contributed by atoms with Gasteiger partial charge in [-0.15, -0.1) is 0 Å². The van der Waals surface area contributed by atoms with Crippen LogP contribution in [0.25, 0.3) is 0 Å². The Balaban J connectivity index is 2.57. The quantitative estimate of drug-likeness (QED) is 0.667. The number of urea groups is 1. The number of anilines is 1. The van der Waals surface area contributed by atoms with E-state index in [0.717, 1.165) is 4.90 Å². The Kier molecular flexibility index (Phi) is 4.74. The van der Waals surface area contributed by atoms with Gasteiger partial charge in [0, 0.05) is 6.42 Å². The zero-order valence-corrected chi connectivity index (χ0v) is 13.0. The Morgan fingerprint density at radius 1 is 1.22 bits per heavy atom. The van der Waals surface area contributed by atoms with E-state index in [-0.39, 0.29) is 12.8 Å². The molecule has 1 aromatic carbocycles. The number of Topliss-reactive ketones (excluding diaryl/α,β-unsaturated/α-hetero) is 1. The minimum atomic E-state index is -1.90. The van der Waals surface area contributed by atoms with E-state index in [1.807, 2.05) is 0 Å². The van der Waals surface area contributed by atoms with E-state index < -0.39 is 29.0 Å². The maximum Gasteiger partial charge on any atom is 0.335 e. The van der Waals surface area contributed by atoms with Crippen LogP contribution < -0.4 is 10.2 Å². The van der Waals surface area contributed by atoms with Gasteiger partial charge in [0.2, 0.25) is 0 Å². The van der Waals surface area contributed by atoms with Crippen LogP contribution in [0, 0.1) is 5.41 Å². The van der Waals surface area contributed by atoms with Crippen molar-refractivity contribution in [3.05, 3.63) is 42.5 Å². The van der Waals surface area contributed by atoms with Crippen LogP contribution in [0.1, 0.15) is 26.7 Å². The number of hydrogen-bond acceptors (Lipinski definition) is 4. The zero-order chi connectivity index (χ0) is 17.0. The zero-order valence-electron chi connectivity index (χ0n) is 13.0. The Hall–Kier alpha value is -2.76. The average Bonchev–Trinajstić information content (AvgIpc) is 2.55. The Morgan fingerprint density at radius 2 is 1.87 bits per heavy atom. The van der Waals surface area contributed by atoms with Crippen LogP contribution in [-0.4, -0.2) is 23.6 Å². The molecule has 1 aliphatic rings. The van der Waals surface area contributed by atoms with E-state index in [2.05, 4.69) is 5.32 Å². The van der Waals surface area contributed by atoms with E-state index in [4.69, 9.17) is 0 Å². The van der Waals surface area contributed by atoms with Crippen LogP contribution >= 0.6 is 0 Å². The molecule has 0 radical (unpaired) electrons. The molecule has 0 spiro atoms. The highest BCUT2D eigenvalue weighted by Crippen LogP contribution is 2.34. The highest BCUT2D eigenvalue weighted by atomic mass is 16.2. The molecule has 6 nitrogen and oxygen atoms in total. The molecule has 1 aliphatic heterocycles. The van der Waals surface area contributed by atoms with Gasteiger partial charge in [-0.3, -0.25) is 19.7 Å². The topological polar surface area (TPSA) is 83.6 Å². The molecule has 1 N–H and O–H groups in total. The summed E-state index contributed by atoms with van der Waals surface area (Å²) in [5, 5.41) is 2.15. The van der Waals surface area contributed by atoms with E-state index in [1.165, 1.54) is 0 Å². The fourth-order valence-corrected chi connectivity index (χ4v) is 2.59. The minimum absolute atomic E-state index is 0.0214. The van der Waals surface area contributed by atoms with Gasteiger partial charge in [-0.1, -0.05) is 37.3 Å². The third-order valence-corrected chi connectivity index (χ3v) is 3.85. The molecule has 0 aliphatic carbocycles. The number of barbiturate groups is 1. The summed E-state index contributed by atoms with van der Waals surface area (Å²) in [5.74, 6) is -2.17. The van der Waals surface area contributed by atoms with Crippen LogP contribution in [0.3, 0.4) is 0 Å². The van der Waals surface area contributed by atoms with Crippen molar-refractivity contribution in [3.8, 4) is 0 Å². The third-order valence-electron chi connectivity index (χ3n) is 3.85. The van der Waals surface area contributed by atoms with Crippen molar-refractivity contribution >= 4 is 29.3 Å². The molecule has 1 unspecified atom stereocenters. The monoisotopic (exact) mass is 314 g/mol. The normalized spacial score (nSPS) is 21.7. The lowest BCUT2D eigenvalue weighted by Crippen LogP contribution is -2.66. The van der Waals surface area contributed by atoms with Crippen molar-refractivity contribution in [2.75, 3.05) is 4.90 Å². The number of carbonyl (C=O) groups excluding carboxylic acids is 4. The summed E-state index contributed by atoms with van der Waals surface area (Å²) in [6.07, 6.45) is 3.20. The van der Waals surface area contributed by atoms with Crippen LogP contribution in [-0.2, 0) is 14.4 Å². The SMILES string of the molecule is CC=CCC1(C(=O)CC)C(=O)NC(=O)N(c2ccccc2)C1=O. The van der Waals surface area contributed by atoms with E-state index in [9.17, 15) is 19.2 Å². The van der Waals surface area contributed by atoms with Crippen LogP contribution in [0.2, 0.25) is 0 Å². The first kappa shape index (κ1) is 16.6. The molecule has 6 heteroatoms. The standard InChI is InChI=1S/C17H18N2O4/c1-3-5-11-17(13(20)4-2)14(21)18-16(23)19(15(17)22)12-9-7-6-8-10-12/h3,5-10H,4,11H2,1-2H3,(H,18,21,23). The first-order chi connectivity index (χ1) is 11.0. The van der Waals surface area contributed by atoms with Crippen molar-refractivity contribution in [1.82, 2.24) is 5.32 Å². The van der Waals surface area contributed by atoms with Crippen molar-refractivity contribution in [1.29, 1.82) is 0 Å². The van der Waals surface area contributed by atoms with Crippen LogP contribution in [0.4, 0.5) is 10.5 Å². The van der Waals surface area contributed by atoms with Crippen LogP contribution in [0.5, 0.6) is 0 Å². The molecule has 120 valence electrons. The summed E-state index contributed by atoms with van der Waals surface area (Å²) in [6, 6.07) is 7.38. The number of rotatable bonds is 5. The van der Waals surface area contributed by atoms with Gasteiger partial charge in [0.15, 0.2) is 11.2 Å². The molecule has 1 heterocycles. The number of para-hydroxylation sites is 1. The number of ketones is 1. The molecule has 0 aromatic heterocycles. The van der Waals surface area contributed by atoms with Gasteiger partial charge in [-0.05, 0) is 25.5 Å². The van der Waals surface area contributed by atoms with Crippen LogP contribution in [0.15, 0.2) is 42.5 Å². The van der Waals surface area contributed by atoms with Gasteiger partial charge >= 0.3 is 6.03 Å². The second-order valence-electron chi connectivity index (χ2n) is 5.19. The van der Waals surface area contributed by atoms with Crippen molar-refractivity contribution < 1.29 is 19.2 Å². The Bertz CT molecular complexity index is 681. The number of hydrogen-bond donors (Lipinski definition) is 1. The van der Waals surface area contributed by atoms with Gasteiger partial charge < -0.3 is 0 Å². The predicted octanol–water partition coefficient (Wildman–Crippen LogP) is 2.20. The number of imide groups is 2. The predicted molar refractivity (Wildman–Crippen MR) is 84.6 cm³/mol. The second kappa shape index (κ2) is 6.56. The third kappa shape index (κ3) is 2.67. The lowest BCUT2D eigenvalue weighted by molar-refractivity contribution is -0.150. The van der Waals surface area contributed by atoms with Gasteiger partial charge in [0.05, 0.1) is 5.69 Å². The molecule has 1 atom stereocenters. The molecule has 23 heavy (non-hydrogen) atoms. The molecule has 0 bridgehead atoms. The number of allylic oxidation sites excluding steroid dienone is 2. The highest BCUT2D eigenvalue weighted by molar-refractivity contribution is 6.37. The minimum Gasteiger partial charge on any atom is -0.298 e. The van der Waals surface area contributed by atoms with Crippen molar-refractivity contribution in [2.45, 2.75) is 26.7 Å². The summed E-state index contributed by atoms with van der Waals surface area (Å²) in [6.45, 7) is 3.32. The lowest BCUT2D eigenvalue weighted by Gasteiger charge is -2.37. The first-order valence-electron chi connectivity index (χ1n) is 7.38. The van der Waals surface area contributed by atoms with Gasteiger partial charge in [-0.2, -0.15) is 0 Å². The molecule has 1 fully saturated rings. The molecule has 2 rings (SSSR count). The van der Waals surface area contributed by atoms with E-state index >= 15 is 0 Å². The number of carbonyl (C=O) groups is 4. The summed E-state index contributed by atoms with van der Waals surface area (Å²) in [4.78, 5) is 50.8. The molecular formula is C17H18N2O4. The van der Waals surface area contributed by atoms with E-state index in [1.54, 1.807) is 56.3 Å². The highest BCUT2D eigenvalue weighted by Gasteiger charge is 2.57. The number of amides is 4. The van der Waals surface area contributed by atoms with Crippen molar-refractivity contribution in [2.24, 2.45) is 5.41 Å². The summed E-state index contributed by atoms with van der Waals surface area (Å²) in [7, 11) is 0. The summed E-state index contributed by atoms with van der Waals surface area (Å²) < 4.78 is 0. The average molecular weight is 314 g/mol. The lowest BCUT2D eigenvalue weighted by atomic mass is 9.75. The van der Waals surface area contributed by atoms with E-state index in [0.29, 0.717) is 5.69 Å². The molecule has 1 saturated heterocycles. The Labute approximate surface area is 134 Å². The summed E-state index contributed by atoms with van der Waals surface area (Å²) >= 11 is 0. The molecule has 4 amide bonds. The van der Waals surface area contributed by atoms with Gasteiger partial charge in [0.1, 0.15) is 0 Å². The molecular weight excluding hydrogens is 296 g/mol. The maximum atomic E-state index is 13.0. The Morgan fingerprint density at radius 3 is 2.43 bits per heavy atom. The second-order valence-corrected chi connectivity index (χ2v) is 5.19. The van der Waals surface area contributed by atoms with Gasteiger partial charge in [-0.25, -0.2) is 9.69 Å². The molecule has 0 saturated carbocycles. The van der Waals surface area contributed by atoms with Crippen molar-refractivity contribution in [3.63, 3.8) is 0 Å². The summed E-state index contributed by atoms with van der Waals surface area (Å²) in [5.41, 5.74) is -1.58. The number of benzene rings is 1. The molecule has 1 aromatic rings. The largest absolute Gasteiger partial charge is 0.335 e. The number of nitrogens with zero attached hydrogens (tertiary/aromatic N) is 1. The fourth-order valence-electron chi connectivity index (χ4n) is 2.59. The van der Waals surface area contributed by atoms with Gasteiger partial charge in [0.25, 0.3) is 11.8 Å². The first-order valence-corrected chi connectivity index (χ1v) is 7.38. The number of nitrogens with one attached hydrogen (secondary N) is 1.